The van der Waals surface area contributed by atoms with E-state index in [1.54, 1.807) is 0 Å². The van der Waals surface area contributed by atoms with Crippen molar-refractivity contribution in [2.75, 3.05) is 0 Å². The zero-order valence-electron chi connectivity index (χ0n) is 9.35. The highest BCUT2D eigenvalue weighted by Crippen LogP contribution is 2.29. The first-order chi connectivity index (χ1) is 7.63. The lowest BCUT2D eigenvalue weighted by molar-refractivity contribution is 0.917. The van der Waals surface area contributed by atoms with Gasteiger partial charge in [-0.25, -0.2) is 4.98 Å². The highest BCUT2D eigenvalue weighted by atomic mass is 79.9. The Morgan fingerprint density at radius 3 is 2.81 bits per heavy atom. The van der Waals surface area contributed by atoms with Crippen molar-refractivity contribution in [3.63, 3.8) is 0 Å². The summed E-state index contributed by atoms with van der Waals surface area (Å²) >= 11 is 9.74. The van der Waals surface area contributed by atoms with Crippen LogP contribution in [0.5, 0.6) is 0 Å². The number of benzene rings is 1. The molecular weight excluding hydrogens is 286 g/mol. The summed E-state index contributed by atoms with van der Waals surface area (Å²) in [4.78, 5) is 4.49. The number of nitrogens with zero attached hydrogens (tertiary/aromatic N) is 1. The standard InChI is InChI=1S/C13H13BrClN/c1-3-4-9-7-10-11(14)6-5-8(2)12(10)16-13(9)15/h5-7H,3-4H2,1-2H3. The van der Waals surface area contributed by atoms with Crippen LogP contribution in [-0.2, 0) is 6.42 Å². The van der Waals surface area contributed by atoms with Gasteiger partial charge in [0.1, 0.15) is 5.15 Å². The predicted molar refractivity (Wildman–Crippen MR) is 73.2 cm³/mol. The van der Waals surface area contributed by atoms with Crippen LogP contribution in [0.2, 0.25) is 5.15 Å². The molecule has 0 amide bonds. The molecule has 0 aliphatic rings. The molecule has 0 radical (unpaired) electrons. The van der Waals surface area contributed by atoms with Crippen molar-refractivity contribution in [1.82, 2.24) is 4.98 Å². The van der Waals surface area contributed by atoms with Crippen molar-refractivity contribution >= 4 is 38.4 Å². The maximum Gasteiger partial charge on any atom is 0.132 e. The molecule has 0 saturated carbocycles. The number of hydrogen-bond acceptors (Lipinski definition) is 1. The average molecular weight is 299 g/mol. The number of rotatable bonds is 2. The first-order valence-electron chi connectivity index (χ1n) is 5.37. The summed E-state index contributed by atoms with van der Waals surface area (Å²) < 4.78 is 1.08. The van der Waals surface area contributed by atoms with Gasteiger partial charge in [-0.15, -0.1) is 0 Å². The number of aryl methyl sites for hydroxylation is 2. The minimum Gasteiger partial charge on any atom is -0.235 e. The fourth-order valence-corrected chi connectivity index (χ4v) is 2.49. The lowest BCUT2D eigenvalue weighted by Gasteiger charge is -2.08. The molecule has 1 heterocycles. The van der Waals surface area contributed by atoms with Crippen molar-refractivity contribution in [1.29, 1.82) is 0 Å². The molecule has 16 heavy (non-hydrogen) atoms. The number of halogens is 2. The largest absolute Gasteiger partial charge is 0.235 e. The molecule has 0 aliphatic heterocycles. The topological polar surface area (TPSA) is 12.9 Å². The number of aromatic nitrogens is 1. The number of hydrogen-bond donors (Lipinski definition) is 0. The van der Waals surface area contributed by atoms with E-state index in [1.807, 2.05) is 0 Å². The van der Waals surface area contributed by atoms with Crippen LogP contribution in [0.3, 0.4) is 0 Å². The molecule has 1 nitrogen and oxygen atoms in total. The van der Waals surface area contributed by atoms with Gasteiger partial charge in [0, 0.05) is 9.86 Å². The smallest absolute Gasteiger partial charge is 0.132 e. The predicted octanol–water partition coefficient (Wildman–Crippen LogP) is 4.91. The van der Waals surface area contributed by atoms with E-state index in [9.17, 15) is 0 Å². The third-order valence-electron chi connectivity index (χ3n) is 2.68. The number of fused-ring (bicyclic) bond motifs is 1. The van der Waals surface area contributed by atoms with E-state index in [0.717, 1.165) is 39.3 Å². The van der Waals surface area contributed by atoms with E-state index in [-0.39, 0.29) is 0 Å². The van der Waals surface area contributed by atoms with Gasteiger partial charge in [0.15, 0.2) is 0 Å². The van der Waals surface area contributed by atoms with Gasteiger partial charge in [-0.2, -0.15) is 0 Å². The second-order valence-electron chi connectivity index (χ2n) is 3.95. The molecule has 0 fully saturated rings. The normalized spacial score (nSPS) is 11.0. The molecule has 0 N–H and O–H groups in total. The van der Waals surface area contributed by atoms with Gasteiger partial charge in [0.25, 0.3) is 0 Å². The fourth-order valence-electron chi connectivity index (χ4n) is 1.83. The van der Waals surface area contributed by atoms with Crippen LogP contribution >= 0.6 is 27.5 Å². The summed E-state index contributed by atoms with van der Waals surface area (Å²) in [6.45, 7) is 4.20. The second-order valence-corrected chi connectivity index (χ2v) is 5.16. The SMILES string of the molecule is CCCc1cc2c(Br)ccc(C)c2nc1Cl. The molecule has 1 aromatic carbocycles. The average Bonchev–Trinajstić information content (AvgIpc) is 2.26. The van der Waals surface area contributed by atoms with Gasteiger partial charge >= 0.3 is 0 Å². The zero-order valence-corrected chi connectivity index (χ0v) is 11.7. The molecular formula is C13H13BrClN. The highest BCUT2D eigenvalue weighted by molar-refractivity contribution is 9.10. The van der Waals surface area contributed by atoms with Crippen LogP contribution in [0.25, 0.3) is 10.9 Å². The van der Waals surface area contributed by atoms with Crippen LogP contribution in [0, 0.1) is 6.92 Å². The van der Waals surface area contributed by atoms with E-state index in [4.69, 9.17) is 11.6 Å². The van der Waals surface area contributed by atoms with Gasteiger partial charge in [-0.3, -0.25) is 0 Å². The first-order valence-corrected chi connectivity index (χ1v) is 6.54. The van der Waals surface area contributed by atoms with Gasteiger partial charge in [0.2, 0.25) is 0 Å². The lowest BCUT2D eigenvalue weighted by atomic mass is 10.1. The molecule has 0 atom stereocenters. The van der Waals surface area contributed by atoms with Gasteiger partial charge in [-0.05, 0) is 36.6 Å². The Morgan fingerprint density at radius 2 is 2.12 bits per heavy atom. The molecule has 2 rings (SSSR count). The maximum absolute atomic E-state index is 6.18. The Kier molecular flexibility index (Phi) is 3.50. The molecule has 2 aromatic rings. The van der Waals surface area contributed by atoms with Gasteiger partial charge in [-0.1, -0.05) is 46.9 Å². The molecule has 3 heteroatoms. The minimum atomic E-state index is 0.635. The summed E-state index contributed by atoms with van der Waals surface area (Å²) in [5.74, 6) is 0. The third-order valence-corrected chi connectivity index (χ3v) is 3.70. The maximum atomic E-state index is 6.18. The summed E-state index contributed by atoms with van der Waals surface area (Å²) in [6.07, 6.45) is 2.05. The summed E-state index contributed by atoms with van der Waals surface area (Å²) in [7, 11) is 0. The molecule has 1 aromatic heterocycles. The van der Waals surface area contributed by atoms with Crippen LogP contribution in [0.4, 0.5) is 0 Å². The van der Waals surface area contributed by atoms with E-state index >= 15 is 0 Å². The monoisotopic (exact) mass is 297 g/mol. The summed E-state index contributed by atoms with van der Waals surface area (Å²) in [5, 5.41) is 1.78. The number of pyridine rings is 1. The fraction of sp³-hybridized carbons (Fsp3) is 0.308. The second kappa shape index (κ2) is 4.72. The van der Waals surface area contributed by atoms with E-state index in [0.29, 0.717) is 5.15 Å². The van der Waals surface area contributed by atoms with Crippen molar-refractivity contribution in [3.05, 3.63) is 39.0 Å². The Labute approximate surface area is 109 Å². The minimum absolute atomic E-state index is 0.635. The molecule has 0 aliphatic carbocycles. The van der Waals surface area contributed by atoms with Crippen LogP contribution in [0.15, 0.2) is 22.7 Å². The van der Waals surface area contributed by atoms with Crippen molar-refractivity contribution in [3.8, 4) is 0 Å². The molecule has 84 valence electrons. The van der Waals surface area contributed by atoms with Gasteiger partial charge in [0.05, 0.1) is 5.52 Å². The van der Waals surface area contributed by atoms with Crippen LogP contribution < -0.4 is 0 Å². The highest BCUT2D eigenvalue weighted by Gasteiger charge is 2.08. The van der Waals surface area contributed by atoms with Crippen molar-refractivity contribution in [2.45, 2.75) is 26.7 Å². The first kappa shape index (κ1) is 11.9. The Hall–Kier alpha value is -0.600. The molecule has 0 unspecified atom stereocenters. The Balaban J connectivity index is 2.73. The van der Waals surface area contributed by atoms with E-state index in [1.165, 1.54) is 0 Å². The Morgan fingerprint density at radius 1 is 1.38 bits per heavy atom. The summed E-state index contributed by atoms with van der Waals surface area (Å²) in [6, 6.07) is 6.25. The molecule has 0 spiro atoms. The van der Waals surface area contributed by atoms with Crippen molar-refractivity contribution < 1.29 is 0 Å². The van der Waals surface area contributed by atoms with Crippen molar-refractivity contribution in [2.24, 2.45) is 0 Å². The van der Waals surface area contributed by atoms with Crippen LogP contribution in [-0.4, -0.2) is 4.98 Å². The van der Waals surface area contributed by atoms with E-state index < -0.39 is 0 Å². The van der Waals surface area contributed by atoms with E-state index in [2.05, 4.69) is 53.0 Å². The quantitative estimate of drug-likeness (QED) is 0.718. The molecule has 0 bridgehead atoms. The Bertz CT molecular complexity index is 537. The zero-order chi connectivity index (χ0) is 11.7. The van der Waals surface area contributed by atoms with Crippen LogP contribution in [0.1, 0.15) is 24.5 Å². The molecule has 0 saturated heterocycles. The third kappa shape index (κ3) is 2.09. The summed E-state index contributed by atoms with van der Waals surface area (Å²) in [5.41, 5.74) is 3.27. The lowest BCUT2D eigenvalue weighted by Crippen LogP contribution is -1.92. The van der Waals surface area contributed by atoms with Gasteiger partial charge < -0.3 is 0 Å².